The second-order valence-electron chi connectivity index (χ2n) is 4.02. The van der Waals surface area contributed by atoms with Gasteiger partial charge in [0.2, 0.25) is 5.91 Å². The number of nitrogens with one attached hydrogen (secondary N) is 1. The average molecular weight is 208 g/mol. The molecule has 3 N–H and O–H groups in total. The van der Waals surface area contributed by atoms with E-state index >= 15 is 0 Å². The van der Waals surface area contributed by atoms with Crippen LogP contribution in [0.3, 0.4) is 0 Å². The molecule has 1 aromatic heterocycles. The molecular formula is C10H16N4O. The van der Waals surface area contributed by atoms with Crippen molar-refractivity contribution in [2.45, 2.75) is 12.8 Å². The molecule has 0 aliphatic carbocycles. The van der Waals surface area contributed by atoms with E-state index in [1.165, 1.54) is 0 Å². The van der Waals surface area contributed by atoms with Gasteiger partial charge in [0.05, 0.1) is 12.2 Å². The monoisotopic (exact) mass is 208 g/mol. The fourth-order valence-electron chi connectivity index (χ4n) is 1.97. The molecule has 2 heterocycles. The maximum Gasteiger partial charge on any atom is 0.221 e. The quantitative estimate of drug-likeness (QED) is 0.717. The number of nitrogens with two attached hydrogens (primary N) is 1. The zero-order valence-corrected chi connectivity index (χ0v) is 8.65. The number of H-pyrrole nitrogens is 1. The predicted octanol–water partition coefficient (Wildman–Crippen LogP) is -0.241. The molecule has 1 aromatic rings. The van der Waals surface area contributed by atoms with Gasteiger partial charge in [0.15, 0.2) is 0 Å². The SMILES string of the molecule is NC(=O)C1CCN(CCc2cnc[nH]2)C1. The van der Waals surface area contributed by atoms with Crippen LogP contribution in [-0.4, -0.2) is 40.4 Å². The lowest BCUT2D eigenvalue weighted by Crippen LogP contribution is -2.28. The van der Waals surface area contributed by atoms with E-state index in [0.717, 1.165) is 38.2 Å². The molecule has 1 saturated heterocycles. The number of hydrogen-bond donors (Lipinski definition) is 2. The molecule has 82 valence electrons. The second kappa shape index (κ2) is 4.44. The number of carbonyl (C=O) groups excluding carboxylic acids is 1. The van der Waals surface area contributed by atoms with Gasteiger partial charge in [0.1, 0.15) is 0 Å². The van der Waals surface area contributed by atoms with Gasteiger partial charge in [-0.3, -0.25) is 4.79 Å². The molecule has 2 rings (SSSR count). The molecule has 0 bridgehead atoms. The lowest BCUT2D eigenvalue weighted by Gasteiger charge is -2.14. The highest BCUT2D eigenvalue weighted by atomic mass is 16.1. The Morgan fingerprint density at radius 3 is 3.20 bits per heavy atom. The lowest BCUT2D eigenvalue weighted by molar-refractivity contribution is -0.121. The Labute approximate surface area is 88.7 Å². The second-order valence-corrected chi connectivity index (χ2v) is 4.02. The summed E-state index contributed by atoms with van der Waals surface area (Å²) in [5, 5.41) is 0. The van der Waals surface area contributed by atoms with Gasteiger partial charge >= 0.3 is 0 Å². The van der Waals surface area contributed by atoms with Crippen molar-refractivity contribution < 1.29 is 4.79 Å². The van der Waals surface area contributed by atoms with Crippen molar-refractivity contribution in [1.82, 2.24) is 14.9 Å². The zero-order valence-electron chi connectivity index (χ0n) is 8.65. The third-order valence-electron chi connectivity index (χ3n) is 2.93. The van der Waals surface area contributed by atoms with E-state index in [-0.39, 0.29) is 11.8 Å². The van der Waals surface area contributed by atoms with Crippen LogP contribution in [0, 0.1) is 5.92 Å². The Kier molecular flexibility index (Phi) is 3.01. The van der Waals surface area contributed by atoms with Gasteiger partial charge in [-0.2, -0.15) is 0 Å². The van der Waals surface area contributed by atoms with Crippen molar-refractivity contribution in [1.29, 1.82) is 0 Å². The van der Waals surface area contributed by atoms with Crippen molar-refractivity contribution >= 4 is 5.91 Å². The van der Waals surface area contributed by atoms with Gasteiger partial charge in [-0.1, -0.05) is 0 Å². The standard InChI is InChI=1S/C10H16N4O/c11-10(15)8-1-3-14(6-8)4-2-9-5-12-7-13-9/h5,7-8H,1-4,6H2,(H2,11,15)(H,12,13). The minimum Gasteiger partial charge on any atom is -0.369 e. The zero-order chi connectivity index (χ0) is 10.7. The first-order chi connectivity index (χ1) is 7.25. The van der Waals surface area contributed by atoms with Crippen molar-refractivity contribution in [3.8, 4) is 0 Å². The summed E-state index contributed by atoms with van der Waals surface area (Å²) in [7, 11) is 0. The first-order valence-electron chi connectivity index (χ1n) is 5.24. The summed E-state index contributed by atoms with van der Waals surface area (Å²) in [6.07, 6.45) is 5.37. The van der Waals surface area contributed by atoms with Gasteiger partial charge in [0.25, 0.3) is 0 Å². The topological polar surface area (TPSA) is 75.0 Å². The largest absolute Gasteiger partial charge is 0.369 e. The number of primary amides is 1. The van der Waals surface area contributed by atoms with Crippen molar-refractivity contribution in [2.75, 3.05) is 19.6 Å². The molecule has 1 aliphatic rings. The fourth-order valence-corrected chi connectivity index (χ4v) is 1.97. The number of carbonyl (C=O) groups is 1. The van der Waals surface area contributed by atoms with E-state index in [0.29, 0.717) is 0 Å². The van der Waals surface area contributed by atoms with Crippen LogP contribution in [-0.2, 0) is 11.2 Å². The number of nitrogens with zero attached hydrogens (tertiary/aromatic N) is 2. The third kappa shape index (κ3) is 2.56. The summed E-state index contributed by atoms with van der Waals surface area (Å²) in [6, 6.07) is 0. The number of amides is 1. The number of imidazole rings is 1. The third-order valence-corrected chi connectivity index (χ3v) is 2.93. The van der Waals surface area contributed by atoms with E-state index < -0.39 is 0 Å². The van der Waals surface area contributed by atoms with Crippen LogP contribution in [0.4, 0.5) is 0 Å². The van der Waals surface area contributed by atoms with Crippen LogP contribution >= 0.6 is 0 Å². The minimum atomic E-state index is -0.168. The van der Waals surface area contributed by atoms with Gasteiger partial charge in [0, 0.05) is 31.4 Å². The Hall–Kier alpha value is -1.36. The van der Waals surface area contributed by atoms with E-state index in [1.807, 2.05) is 6.20 Å². The molecule has 5 heteroatoms. The van der Waals surface area contributed by atoms with E-state index in [4.69, 9.17) is 5.73 Å². The Morgan fingerprint density at radius 2 is 2.60 bits per heavy atom. The predicted molar refractivity (Wildman–Crippen MR) is 56.0 cm³/mol. The molecule has 0 radical (unpaired) electrons. The van der Waals surface area contributed by atoms with Gasteiger partial charge in [-0.15, -0.1) is 0 Å². The van der Waals surface area contributed by atoms with Crippen LogP contribution in [0.5, 0.6) is 0 Å². The van der Waals surface area contributed by atoms with E-state index in [1.54, 1.807) is 6.33 Å². The highest BCUT2D eigenvalue weighted by Crippen LogP contribution is 2.15. The summed E-state index contributed by atoms with van der Waals surface area (Å²) in [5.41, 5.74) is 6.41. The lowest BCUT2D eigenvalue weighted by atomic mass is 10.1. The van der Waals surface area contributed by atoms with Crippen LogP contribution < -0.4 is 5.73 Å². The fraction of sp³-hybridized carbons (Fsp3) is 0.600. The molecule has 1 amide bonds. The molecule has 1 unspecified atom stereocenters. The van der Waals surface area contributed by atoms with Gasteiger partial charge in [-0.05, 0) is 13.0 Å². The summed E-state index contributed by atoms with van der Waals surface area (Å²) in [6.45, 7) is 2.75. The molecular weight excluding hydrogens is 192 g/mol. The number of aromatic nitrogens is 2. The molecule has 15 heavy (non-hydrogen) atoms. The van der Waals surface area contributed by atoms with Crippen molar-refractivity contribution in [3.63, 3.8) is 0 Å². The smallest absolute Gasteiger partial charge is 0.221 e. The minimum absolute atomic E-state index is 0.0479. The van der Waals surface area contributed by atoms with E-state index in [2.05, 4.69) is 14.9 Å². The summed E-state index contributed by atoms with van der Waals surface area (Å²) in [5.74, 6) is -0.120. The van der Waals surface area contributed by atoms with Crippen LogP contribution in [0.15, 0.2) is 12.5 Å². The highest BCUT2D eigenvalue weighted by molar-refractivity contribution is 5.77. The summed E-state index contributed by atoms with van der Waals surface area (Å²) >= 11 is 0. The molecule has 5 nitrogen and oxygen atoms in total. The maximum absolute atomic E-state index is 11.0. The first-order valence-corrected chi connectivity index (χ1v) is 5.24. The van der Waals surface area contributed by atoms with E-state index in [9.17, 15) is 4.79 Å². The molecule has 1 atom stereocenters. The Bertz CT molecular complexity index is 322. The normalized spacial score (nSPS) is 22.0. The highest BCUT2D eigenvalue weighted by Gasteiger charge is 2.25. The molecule has 0 spiro atoms. The van der Waals surface area contributed by atoms with Crippen molar-refractivity contribution in [3.05, 3.63) is 18.2 Å². The number of rotatable bonds is 4. The number of aromatic amines is 1. The maximum atomic E-state index is 11.0. The Balaban J connectivity index is 1.75. The Morgan fingerprint density at radius 1 is 1.73 bits per heavy atom. The molecule has 0 saturated carbocycles. The number of hydrogen-bond acceptors (Lipinski definition) is 3. The van der Waals surface area contributed by atoms with Crippen LogP contribution in [0.2, 0.25) is 0 Å². The van der Waals surface area contributed by atoms with Gasteiger partial charge in [-0.25, -0.2) is 4.98 Å². The summed E-state index contributed by atoms with van der Waals surface area (Å²) < 4.78 is 0. The average Bonchev–Trinajstić information content (AvgIpc) is 2.86. The number of likely N-dealkylation sites (tertiary alicyclic amines) is 1. The molecule has 1 aliphatic heterocycles. The van der Waals surface area contributed by atoms with Crippen LogP contribution in [0.1, 0.15) is 12.1 Å². The first kappa shape index (κ1) is 10.2. The summed E-state index contributed by atoms with van der Waals surface area (Å²) in [4.78, 5) is 20.3. The molecule has 1 fully saturated rings. The van der Waals surface area contributed by atoms with Crippen molar-refractivity contribution in [2.24, 2.45) is 11.7 Å². The van der Waals surface area contributed by atoms with Crippen LogP contribution in [0.25, 0.3) is 0 Å². The molecule has 0 aromatic carbocycles. The van der Waals surface area contributed by atoms with Gasteiger partial charge < -0.3 is 15.6 Å².